The van der Waals surface area contributed by atoms with Crippen LogP contribution in [0.3, 0.4) is 0 Å². The molecule has 0 atom stereocenters. The lowest BCUT2D eigenvalue weighted by molar-refractivity contribution is -0.440. The van der Waals surface area contributed by atoms with Crippen LogP contribution in [0.2, 0.25) is 0 Å². The van der Waals surface area contributed by atoms with E-state index in [0.717, 1.165) is 17.7 Å². The molecule has 7 heteroatoms. The number of allylic oxidation sites excluding steroid dienone is 4. The maximum Gasteiger partial charge on any atom is 0.339 e. The molecule has 0 aromatic heterocycles. The third-order valence-electron chi connectivity index (χ3n) is 3.93. The van der Waals surface area contributed by atoms with Gasteiger partial charge in [-0.2, -0.15) is 0 Å². The second kappa shape index (κ2) is 9.38. The summed E-state index contributed by atoms with van der Waals surface area (Å²) in [5.74, 6) is -0.463. The number of benzene rings is 1. The number of hydrogen-bond donors (Lipinski definition) is 0. The van der Waals surface area contributed by atoms with E-state index in [-0.39, 0.29) is 12.3 Å². The van der Waals surface area contributed by atoms with Crippen molar-refractivity contribution in [3.05, 3.63) is 69.5 Å². The number of nitrogens with zero attached hydrogens (tertiary/aromatic N) is 3. The molecule has 1 aliphatic heterocycles. The van der Waals surface area contributed by atoms with E-state index < -0.39 is 10.9 Å². The molecule has 1 aromatic carbocycles. The van der Waals surface area contributed by atoms with Crippen LogP contribution in [0, 0.1) is 10.1 Å². The molecule has 0 unspecified atom stereocenters. The molecular weight excluding hydrogens is 346 g/mol. The quantitative estimate of drug-likeness (QED) is 0.191. The van der Waals surface area contributed by atoms with Crippen molar-refractivity contribution >= 4 is 29.8 Å². The Bertz CT molecular complexity index is 875. The second-order valence-corrected chi connectivity index (χ2v) is 5.88. The predicted molar refractivity (Wildman–Crippen MR) is 105 cm³/mol. The molecule has 1 aromatic rings. The first-order chi connectivity index (χ1) is 12.9. The number of ether oxygens (including phenoxy) is 1. The van der Waals surface area contributed by atoms with Crippen LogP contribution in [0.1, 0.15) is 20.3 Å². The molecule has 0 bridgehead atoms. The largest absolute Gasteiger partial charge is 0.462 e. The lowest BCUT2D eigenvalue weighted by Gasteiger charge is -2.07. The van der Waals surface area contributed by atoms with Gasteiger partial charge in [0.25, 0.3) is 5.69 Å². The average Bonchev–Trinajstić information content (AvgIpc) is 2.64. The van der Waals surface area contributed by atoms with E-state index in [1.165, 1.54) is 30.5 Å². The summed E-state index contributed by atoms with van der Waals surface area (Å²) in [5.41, 5.74) is 2.60. The first-order valence-corrected chi connectivity index (χ1v) is 8.52. The first kappa shape index (κ1) is 20.0. The van der Waals surface area contributed by atoms with E-state index in [0.29, 0.717) is 11.3 Å². The maximum absolute atomic E-state index is 12.3. The van der Waals surface area contributed by atoms with Crippen molar-refractivity contribution < 1.29 is 19.0 Å². The highest BCUT2D eigenvalue weighted by molar-refractivity contribution is 6.11. The maximum atomic E-state index is 12.3. The number of non-ortho nitro benzene ring substituents is 1. The highest BCUT2D eigenvalue weighted by Gasteiger charge is 2.15. The van der Waals surface area contributed by atoms with Crippen molar-refractivity contribution in [2.45, 2.75) is 20.3 Å². The molecule has 0 N–H and O–H groups in total. The monoisotopic (exact) mass is 368 g/mol. The summed E-state index contributed by atoms with van der Waals surface area (Å²) in [5, 5.41) is 10.7. The number of nitro groups is 1. The minimum Gasteiger partial charge on any atom is -0.462 e. The summed E-state index contributed by atoms with van der Waals surface area (Å²) in [6.07, 6.45) is 10.1. The van der Waals surface area contributed by atoms with Gasteiger partial charge in [0.2, 0.25) is 0 Å². The molecule has 0 saturated heterocycles. The summed E-state index contributed by atoms with van der Waals surface area (Å²) in [6.45, 7) is 3.83. The highest BCUT2D eigenvalue weighted by atomic mass is 16.6. The topological polar surface area (TPSA) is 84.8 Å². The fourth-order valence-corrected chi connectivity index (χ4v) is 2.43. The Labute approximate surface area is 157 Å². The lowest BCUT2D eigenvalue weighted by Crippen LogP contribution is -2.12. The third kappa shape index (κ3) is 5.57. The summed E-state index contributed by atoms with van der Waals surface area (Å²) < 4.78 is 7.12. The molecule has 7 nitrogen and oxygen atoms in total. The van der Waals surface area contributed by atoms with Crippen LogP contribution in [-0.4, -0.2) is 41.6 Å². The molecule has 27 heavy (non-hydrogen) atoms. The SMILES string of the molecule is CCOC(=O)/C(C=Nc1ccc([N+](=O)[O-])cc1)=C(C)\C=C1\CC=CC=[N+]1C. The van der Waals surface area contributed by atoms with Crippen molar-refractivity contribution in [3.63, 3.8) is 0 Å². The Balaban J connectivity index is 2.35. The third-order valence-corrected chi connectivity index (χ3v) is 3.93. The number of aliphatic imine (C=N–C) groups is 1. The molecule has 1 heterocycles. The van der Waals surface area contributed by atoms with E-state index in [2.05, 4.69) is 4.99 Å². The number of rotatable bonds is 6. The van der Waals surface area contributed by atoms with Crippen LogP contribution in [0.15, 0.2) is 64.3 Å². The van der Waals surface area contributed by atoms with E-state index in [9.17, 15) is 14.9 Å². The lowest BCUT2D eigenvalue weighted by atomic mass is 10.1. The minimum atomic E-state index is -0.472. The molecule has 0 saturated carbocycles. The van der Waals surface area contributed by atoms with Crippen LogP contribution in [0.25, 0.3) is 0 Å². The summed E-state index contributed by atoms with van der Waals surface area (Å²) >= 11 is 0. The van der Waals surface area contributed by atoms with Gasteiger partial charge in [-0.15, -0.1) is 0 Å². The summed E-state index contributed by atoms with van der Waals surface area (Å²) in [6, 6.07) is 5.79. The number of carbonyl (C=O) groups is 1. The van der Waals surface area contributed by atoms with Crippen molar-refractivity contribution in [1.82, 2.24) is 0 Å². The standard InChI is InChI=1S/C20H22N3O4/c1-4-27-20(24)19(15(2)13-18-7-5-6-12-22(18)3)14-21-16-8-10-17(11-9-16)23(25)26/h5-6,8-14H,4,7H2,1-3H3/q+1/b18-13-,19-15-,21-14?. The molecule has 0 spiro atoms. The fraction of sp³-hybridized carbons (Fsp3) is 0.250. The summed E-state index contributed by atoms with van der Waals surface area (Å²) in [4.78, 5) is 26.9. The van der Waals surface area contributed by atoms with Gasteiger partial charge in [0.1, 0.15) is 7.05 Å². The van der Waals surface area contributed by atoms with Crippen LogP contribution >= 0.6 is 0 Å². The molecule has 0 radical (unpaired) electrons. The molecule has 0 aliphatic carbocycles. The van der Waals surface area contributed by atoms with Gasteiger partial charge in [0.15, 0.2) is 11.9 Å². The van der Waals surface area contributed by atoms with E-state index >= 15 is 0 Å². The van der Waals surface area contributed by atoms with Crippen molar-refractivity contribution in [2.24, 2.45) is 4.99 Å². The molecule has 0 amide bonds. The average molecular weight is 368 g/mol. The Morgan fingerprint density at radius 3 is 2.67 bits per heavy atom. The van der Waals surface area contributed by atoms with Crippen LogP contribution in [0.5, 0.6) is 0 Å². The van der Waals surface area contributed by atoms with Gasteiger partial charge in [-0.1, -0.05) is 6.08 Å². The summed E-state index contributed by atoms with van der Waals surface area (Å²) in [7, 11) is 1.94. The minimum absolute atomic E-state index is 0.0133. The van der Waals surface area contributed by atoms with Gasteiger partial charge in [-0.05, 0) is 37.6 Å². The second-order valence-electron chi connectivity index (χ2n) is 5.88. The number of carbonyl (C=O) groups excluding carboxylic acids is 1. The van der Waals surface area contributed by atoms with Gasteiger partial charge in [-0.25, -0.2) is 9.37 Å². The normalized spacial score (nSPS) is 16.3. The predicted octanol–water partition coefficient (Wildman–Crippen LogP) is 3.73. The molecular formula is C20H22N3O4+. The van der Waals surface area contributed by atoms with Gasteiger partial charge in [0.05, 0.1) is 29.2 Å². The Morgan fingerprint density at radius 2 is 2.07 bits per heavy atom. The fourth-order valence-electron chi connectivity index (χ4n) is 2.43. The zero-order valence-electron chi connectivity index (χ0n) is 15.6. The van der Waals surface area contributed by atoms with Crippen LogP contribution < -0.4 is 0 Å². The molecule has 1 aliphatic rings. The van der Waals surface area contributed by atoms with Gasteiger partial charge < -0.3 is 4.74 Å². The Hall–Kier alpha value is -3.35. The molecule has 0 fully saturated rings. The highest BCUT2D eigenvalue weighted by Crippen LogP contribution is 2.19. The van der Waals surface area contributed by atoms with E-state index in [1.54, 1.807) is 6.92 Å². The van der Waals surface area contributed by atoms with Crippen LogP contribution in [-0.2, 0) is 9.53 Å². The van der Waals surface area contributed by atoms with Gasteiger partial charge in [-0.3, -0.25) is 15.1 Å². The number of hydrogen-bond acceptors (Lipinski definition) is 5. The smallest absolute Gasteiger partial charge is 0.339 e. The first-order valence-electron chi connectivity index (χ1n) is 8.52. The van der Waals surface area contributed by atoms with Crippen molar-refractivity contribution in [2.75, 3.05) is 13.7 Å². The zero-order chi connectivity index (χ0) is 19.8. The Kier molecular flexibility index (Phi) is 6.93. The van der Waals surface area contributed by atoms with Crippen molar-refractivity contribution in [1.29, 1.82) is 0 Å². The van der Waals surface area contributed by atoms with Gasteiger partial charge >= 0.3 is 5.97 Å². The molecule has 140 valence electrons. The Morgan fingerprint density at radius 1 is 1.37 bits per heavy atom. The van der Waals surface area contributed by atoms with E-state index in [4.69, 9.17) is 4.74 Å². The van der Waals surface area contributed by atoms with E-state index in [1.807, 2.05) is 43.0 Å². The number of esters is 1. The number of nitro benzene ring substituents is 1. The van der Waals surface area contributed by atoms with Crippen molar-refractivity contribution in [3.8, 4) is 0 Å². The van der Waals surface area contributed by atoms with Crippen LogP contribution in [0.4, 0.5) is 11.4 Å². The molecule has 2 rings (SSSR count). The van der Waals surface area contributed by atoms with Gasteiger partial charge in [0, 0.05) is 24.4 Å². The zero-order valence-corrected chi connectivity index (χ0v) is 15.6.